The molecule has 21 heavy (non-hydrogen) atoms. The van der Waals surface area contributed by atoms with Gasteiger partial charge in [0.2, 0.25) is 5.95 Å². The summed E-state index contributed by atoms with van der Waals surface area (Å²) in [5.74, 6) is 2.10. The van der Waals surface area contributed by atoms with Gasteiger partial charge in [0.05, 0.1) is 0 Å². The van der Waals surface area contributed by atoms with Gasteiger partial charge in [-0.3, -0.25) is 4.90 Å². The molecule has 2 heterocycles. The van der Waals surface area contributed by atoms with E-state index in [0.29, 0.717) is 12.0 Å². The summed E-state index contributed by atoms with van der Waals surface area (Å²) in [5, 5.41) is 3.28. The van der Waals surface area contributed by atoms with Gasteiger partial charge < -0.3 is 16.0 Å². The van der Waals surface area contributed by atoms with Gasteiger partial charge in [-0.15, -0.1) is 0 Å². The van der Waals surface area contributed by atoms with Gasteiger partial charge in [-0.25, -0.2) is 0 Å². The van der Waals surface area contributed by atoms with Crippen molar-refractivity contribution < 1.29 is 0 Å². The van der Waals surface area contributed by atoms with Gasteiger partial charge in [0.1, 0.15) is 11.6 Å². The van der Waals surface area contributed by atoms with Crippen molar-refractivity contribution in [3.8, 4) is 0 Å². The van der Waals surface area contributed by atoms with Gasteiger partial charge in [0.25, 0.3) is 0 Å². The largest absolute Gasteiger partial charge is 0.370 e. The van der Waals surface area contributed by atoms with Crippen LogP contribution in [0, 0.1) is 0 Å². The molecular weight excluding hydrogens is 264 g/mol. The molecule has 0 aliphatic carbocycles. The molecule has 1 aromatic rings. The zero-order valence-electron chi connectivity index (χ0n) is 13.5. The number of nitrogen functional groups attached to an aromatic ring is 1. The lowest BCUT2D eigenvalue weighted by Gasteiger charge is -2.38. The lowest BCUT2D eigenvalue weighted by atomic mass is 10.2. The van der Waals surface area contributed by atoms with Crippen LogP contribution in [0.3, 0.4) is 0 Å². The number of hydrogen-bond acceptors (Lipinski definition) is 6. The van der Waals surface area contributed by atoms with Crippen molar-refractivity contribution in [2.24, 2.45) is 0 Å². The van der Waals surface area contributed by atoms with Crippen molar-refractivity contribution in [3.05, 3.63) is 6.07 Å². The van der Waals surface area contributed by atoms with Crippen LogP contribution in [0.15, 0.2) is 6.07 Å². The van der Waals surface area contributed by atoms with E-state index in [1.807, 2.05) is 6.07 Å². The predicted molar refractivity (Wildman–Crippen MR) is 88.8 cm³/mol. The number of nitrogens with one attached hydrogen (secondary N) is 1. The SMILES string of the molecule is CCCNc1cc(N2CCN(C(C)CC)CC2)nc(N)n1. The highest BCUT2D eigenvalue weighted by Gasteiger charge is 2.21. The third kappa shape index (κ3) is 4.20. The Kier molecular flexibility index (Phi) is 5.61. The van der Waals surface area contributed by atoms with Crippen LogP contribution >= 0.6 is 0 Å². The number of nitrogens with two attached hydrogens (primary N) is 1. The molecule has 0 bridgehead atoms. The lowest BCUT2D eigenvalue weighted by molar-refractivity contribution is 0.192. The predicted octanol–water partition coefficient (Wildman–Crippen LogP) is 1.80. The standard InChI is InChI=1S/C15H28N6/c1-4-6-17-13-11-14(19-15(16)18-13)21-9-7-20(8-10-21)12(3)5-2/h11-12H,4-10H2,1-3H3,(H3,16,17,18,19). The summed E-state index contributed by atoms with van der Waals surface area (Å²) >= 11 is 0. The van der Waals surface area contributed by atoms with Crippen molar-refractivity contribution in [2.45, 2.75) is 39.7 Å². The second kappa shape index (κ2) is 7.45. The topological polar surface area (TPSA) is 70.3 Å². The number of aromatic nitrogens is 2. The highest BCUT2D eigenvalue weighted by Crippen LogP contribution is 2.19. The van der Waals surface area contributed by atoms with E-state index in [1.165, 1.54) is 6.42 Å². The van der Waals surface area contributed by atoms with Crippen molar-refractivity contribution in [3.63, 3.8) is 0 Å². The molecule has 3 N–H and O–H groups in total. The van der Waals surface area contributed by atoms with Gasteiger partial charge in [0.15, 0.2) is 0 Å². The molecule has 0 spiro atoms. The molecule has 6 nitrogen and oxygen atoms in total. The molecular formula is C15H28N6. The van der Waals surface area contributed by atoms with Gasteiger partial charge >= 0.3 is 0 Å². The molecule has 1 atom stereocenters. The number of anilines is 3. The molecule has 2 rings (SSSR count). The Morgan fingerprint density at radius 1 is 1.24 bits per heavy atom. The smallest absolute Gasteiger partial charge is 0.223 e. The second-order valence-electron chi connectivity index (χ2n) is 5.68. The van der Waals surface area contributed by atoms with Crippen LogP contribution in [0.4, 0.5) is 17.6 Å². The molecule has 1 aromatic heterocycles. The molecule has 0 aromatic carbocycles. The first-order chi connectivity index (χ1) is 10.1. The van der Waals surface area contributed by atoms with E-state index in [4.69, 9.17) is 5.73 Å². The van der Waals surface area contributed by atoms with E-state index in [-0.39, 0.29) is 0 Å². The third-order valence-corrected chi connectivity index (χ3v) is 4.14. The average Bonchev–Trinajstić information content (AvgIpc) is 2.51. The number of nitrogens with zero attached hydrogens (tertiary/aromatic N) is 4. The van der Waals surface area contributed by atoms with E-state index in [1.54, 1.807) is 0 Å². The van der Waals surface area contributed by atoms with E-state index in [0.717, 1.165) is 50.8 Å². The molecule has 6 heteroatoms. The number of piperazine rings is 1. The summed E-state index contributed by atoms with van der Waals surface area (Å²) in [6.07, 6.45) is 2.26. The molecule has 0 saturated carbocycles. The Bertz CT molecular complexity index is 442. The summed E-state index contributed by atoms with van der Waals surface area (Å²) in [6.45, 7) is 11.7. The van der Waals surface area contributed by atoms with E-state index >= 15 is 0 Å². The molecule has 1 fully saturated rings. The molecule has 1 unspecified atom stereocenters. The second-order valence-corrected chi connectivity index (χ2v) is 5.68. The van der Waals surface area contributed by atoms with Crippen molar-refractivity contribution >= 4 is 17.6 Å². The Morgan fingerprint density at radius 3 is 2.57 bits per heavy atom. The minimum Gasteiger partial charge on any atom is -0.370 e. The zero-order chi connectivity index (χ0) is 15.2. The molecule has 1 saturated heterocycles. The van der Waals surface area contributed by atoms with Gasteiger partial charge in [-0.05, 0) is 19.8 Å². The summed E-state index contributed by atoms with van der Waals surface area (Å²) in [5.41, 5.74) is 5.84. The fraction of sp³-hybridized carbons (Fsp3) is 0.733. The first kappa shape index (κ1) is 15.8. The van der Waals surface area contributed by atoms with Crippen LogP contribution in [-0.4, -0.2) is 53.6 Å². The van der Waals surface area contributed by atoms with Gasteiger partial charge in [-0.1, -0.05) is 13.8 Å². The maximum absolute atomic E-state index is 5.84. The van der Waals surface area contributed by atoms with Crippen LogP contribution in [-0.2, 0) is 0 Å². The number of hydrogen-bond donors (Lipinski definition) is 2. The van der Waals surface area contributed by atoms with Crippen molar-refractivity contribution in [1.29, 1.82) is 0 Å². The quantitative estimate of drug-likeness (QED) is 0.833. The van der Waals surface area contributed by atoms with Crippen LogP contribution in [0.1, 0.15) is 33.6 Å². The first-order valence-electron chi connectivity index (χ1n) is 8.01. The van der Waals surface area contributed by atoms with Crippen LogP contribution in [0.5, 0.6) is 0 Å². The van der Waals surface area contributed by atoms with Crippen LogP contribution < -0.4 is 16.0 Å². The van der Waals surface area contributed by atoms with Crippen LogP contribution in [0.25, 0.3) is 0 Å². The monoisotopic (exact) mass is 292 g/mol. The fourth-order valence-electron chi connectivity index (χ4n) is 2.61. The van der Waals surface area contributed by atoms with Crippen molar-refractivity contribution in [1.82, 2.24) is 14.9 Å². The number of rotatable bonds is 6. The Balaban J connectivity index is 2.01. The highest BCUT2D eigenvalue weighted by atomic mass is 15.3. The van der Waals surface area contributed by atoms with E-state index < -0.39 is 0 Å². The fourth-order valence-corrected chi connectivity index (χ4v) is 2.61. The summed E-state index contributed by atoms with van der Waals surface area (Å²) in [7, 11) is 0. The van der Waals surface area contributed by atoms with E-state index in [9.17, 15) is 0 Å². The van der Waals surface area contributed by atoms with Crippen LogP contribution in [0.2, 0.25) is 0 Å². The maximum Gasteiger partial charge on any atom is 0.223 e. The first-order valence-corrected chi connectivity index (χ1v) is 8.01. The highest BCUT2D eigenvalue weighted by molar-refractivity contribution is 5.52. The summed E-state index contributed by atoms with van der Waals surface area (Å²) in [6, 6.07) is 2.66. The van der Waals surface area contributed by atoms with Crippen molar-refractivity contribution in [2.75, 3.05) is 48.7 Å². The molecule has 1 aliphatic heterocycles. The molecule has 1 aliphatic rings. The zero-order valence-corrected chi connectivity index (χ0v) is 13.5. The van der Waals surface area contributed by atoms with Gasteiger partial charge in [-0.2, -0.15) is 9.97 Å². The van der Waals surface area contributed by atoms with Gasteiger partial charge in [0, 0.05) is 44.8 Å². The molecule has 0 radical (unpaired) electrons. The Labute approximate surface area is 127 Å². The minimum absolute atomic E-state index is 0.343. The maximum atomic E-state index is 5.84. The molecule has 0 amide bonds. The Morgan fingerprint density at radius 2 is 1.95 bits per heavy atom. The lowest BCUT2D eigenvalue weighted by Crippen LogP contribution is -2.49. The summed E-state index contributed by atoms with van der Waals surface area (Å²) < 4.78 is 0. The molecule has 118 valence electrons. The van der Waals surface area contributed by atoms with E-state index in [2.05, 4.69) is 45.9 Å². The Hall–Kier alpha value is -1.56. The minimum atomic E-state index is 0.343. The average molecular weight is 292 g/mol. The third-order valence-electron chi connectivity index (χ3n) is 4.14. The summed E-state index contributed by atoms with van der Waals surface area (Å²) in [4.78, 5) is 13.5. The normalized spacial score (nSPS) is 17.8.